The molecule has 0 aliphatic carbocycles. The van der Waals surface area contributed by atoms with Crippen molar-refractivity contribution in [2.45, 2.75) is 19.8 Å². The van der Waals surface area contributed by atoms with Crippen LogP contribution in [0.3, 0.4) is 0 Å². The van der Waals surface area contributed by atoms with E-state index in [-0.39, 0.29) is 22.1 Å². The lowest BCUT2D eigenvalue weighted by Gasteiger charge is -2.02. The third-order valence-corrected chi connectivity index (χ3v) is 5.19. The van der Waals surface area contributed by atoms with Gasteiger partial charge in [0.1, 0.15) is 17.5 Å². The summed E-state index contributed by atoms with van der Waals surface area (Å²) in [6.45, 7) is 1.91. The topological polar surface area (TPSA) is 0 Å². The predicted octanol–water partition coefficient (Wildman–Crippen LogP) is 7.29. The molecule has 4 aromatic rings. The van der Waals surface area contributed by atoms with Crippen LogP contribution in [-0.2, 0) is 6.42 Å². The highest BCUT2D eigenvalue weighted by atomic mass is 19.2. The molecule has 0 spiro atoms. The SMILES string of the molecule is CCCc1cc(F)c(C#Cc2ccc(C#Cc3ccc4c(F)c(F)ccc4c3)c(F)c2)c(F)c1. The van der Waals surface area contributed by atoms with Crippen LogP contribution in [0.4, 0.5) is 22.0 Å². The molecule has 0 nitrogen and oxygen atoms in total. The van der Waals surface area contributed by atoms with Gasteiger partial charge in [-0.25, -0.2) is 22.0 Å². The smallest absolute Gasteiger partial charge is 0.166 e. The first-order chi connectivity index (χ1) is 16.4. The van der Waals surface area contributed by atoms with E-state index in [0.29, 0.717) is 22.9 Å². The summed E-state index contributed by atoms with van der Waals surface area (Å²) in [7, 11) is 0. The molecule has 0 unspecified atom stereocenters. The lowest BCUT2D eigenvalue weighted by molar-refractivity contribution is 0.517. The van der Waals surface area contributed by atoms with Crippen molar-refractivity contribution in [1.29, 1.82) is 0 Å². The summed E-state index contributed by atoms with van der Waals surface area (Å²) in [4.78, 5) is 0. The fourth-order valence-electron chi connectivity index (χ4n) is 3.49. The van der Waals surface area contributed by atoms with Gasteiger partial charge in [-0.1, -0.05) is 49.2 Å². The van der Waals surface area contributed by atoms with E-state index in [2.05, 4.69) is 23.7 Å². The van der Waals surface area contributed by atoms with Gasteiger partial charge in [0, 0.05) is 16.5 Å². The number of hydrogen-bond donors (Lipinski definition) is 0. The first-order valence-corrected chi connectivity index (χ1v) is 10.5. The van der Waals surface area contributed by atoms with Gasteiger partial charge in [-0.3, -0.25) is 0 Å². The van der Waals surface area contributed by atoms with Crippen LogP contribution < -0.4 is 0 Å². The van der Waals surface area contributed by atoms with Gasteiger partial charge in [-0.05, 0) is 65.9 Å². The van der Waals surface area contributed by atoms with Crippen molar-refractivity contribution in [3.05, 3.63) is 118 Å². The van der Waals surface area contributed by atoms with Crippen molar-refractivity contribution in [2.24, 2.45) is 0 Å². The first-order valence-electron chi connectivity index (χ1n) is 10.5. The molecule has 0 fully saturated rings. The second-order valence-electron chi connectivity index (χ2n) is 7.68. The lowest BCUT2D eigenvalue weighted by atomic mass is 10.1. The Morgan fingerprint density at radius 1 is 0.618 bits per heavy atom. The molecule has 0 heterocycles. The van der Waals surface area contributed by atoms with Gasteiger partial charge in [0.15, 0.2) is 11.6 Å². The fraction of sp³-hybridized carbons (Fsp3) is 0.103. The Morgan fingerprint density at radius 2 is 1.29 bits per heavy atom. The summed E-state index contributed by atoms with van der Waals surface area (Å²) in [5.41, 5.74) is 1.02. The van der Waals surface area contributed by atoms with Crippen molar-refractivity contribution < 1.29 is 22.0 Å². The minimum Gasteiger partial charge on any atom is -0.206 e. The summed E-state index contributed by atoms with van der Waals surface area (Å²) in [6, 6.07) is 13.6. The second kappa shape index (κ2) is 9.81. The molecule has 0 atom stereocenters. The number of aryl methyl sites for hydroxylation is 1. The van der Waals surface area contributed by atoms with E-state index in [4.69, 9.17) is 0 Å². The van der Waals surface area contributed by atoms with E-state index in [1.165, 1.54) is 42.5 Å². The van der Waals surface area contributed by atoms with Gasteiger partial charge >= 0.3 is 0 Å². The van der Waals surface area contributed by atoms with E-state index in [9.17, 15) is 22.0 Å². The van der Waals surface area contributed by atoms with Crippen molar-refractivity contribution in [3.63, 3.8) is 0 Å². The van der Waals surface area contributed by atoms with Crippen LogP contribution in [0.1, 0.15) is 41.2 Å². The molecule has 0 bridgehead atoms. The third-order valence-electron chi connectivity index (χ3n) is 5.19. The number of hydrogen-bond acceptors (Lipinski definition) is 0. The molecule has 4 aromatic carbocycles. The standard InChI is InChI=1S/C29H17F5/c1-2-3-20-16-27(32)24(28(33)17-20)12-7-19-5-9-21(26(31)15-19)8-4-18-6-11-23-22(14-18)10-13-25(30)29(23)34/h5-6,9-11,13-17H,2-3H2,1H3. The van der Waals surface area contributed by atoms with Crippen LogP contribution >= 0.6 is 0 Å². The molecule has 0 N–H and O–H groups in total. The highest BCUT2D eigenvalue weighted by Gasteiger charge is 2.09. The van der Waals surface area contributed by atoms with E-state index in [0.717, 1.165) is 18.6 Å². The molecule has 168 valence electrons. The summed E-state index contributed by atoms with van der Waals surface area (Å²) in [6.07, 6.45) is 1.32. The first kappa shape index (κ1) is 23.1. The van der Waals surface area contributed by atoms with Gasteiger partial charge < -0.3 is 0 Å². The summed E-state index contributed by atoms with van der Waals surface area (Å²) in [5.74, 6) is 6.49. The minimum absolute atomic E-state index is 0.0946. The largest absolute Gasteiger partial charge is 0.206 e. The average Bonchev–Trinajstić information content (AvgIpc) is 2.80. The Bertz CT molecular complexity index is 1500. The molecule has 0 amide bonds. The average molecular weight is 460 g/mol. The zero-order chi connectivity index (χ0) is 24.2. The molecular weight excluding hydrogens is 443 g/mol. The Labute approximate surface area is 194 Å². The van der Waals surface area contributed by atoms with Crippen molar-refractivity contribution in [2.75, 3.05) is 0 Å². The summed E-state index contributed by atoms with van der Waals surface area (Å²) >= 11 is 0. The third kappa shape index (κ3) is 4.95. The van der Waals surface area contributed by atoms with Gasteiger partial charge in [-0.15, -0.1) is 0 Å². The van der Waals surface area contributed by atoms with Gasteiger partial charge in [0.2, 0.25) is 0 Å². The zero-order valence-electron chi connectivity index (χ0n) is 18.1. The fourth-order valence-corrected chi connectivity index (χ4v) is 3.49. The molecule has 4 rings (SSSR count). The molecular formula is C29H17F5. The van der Waals surface area contributed by atoms with E-state index in [1.54, 1.807) is 6.07 Å². The normalized spacial score (nSPS) is 10.4. The van der Waals surface area contributed by atoms with Crippen LogP contribution in [0.15, 0.2) is 60.7 Å². The lowest BCUT2D eigenvalue weighted by Crippen LogP contribution is -1.95. The van der Waals surface area contributed by atoms with Crippen LogP contribution in [0.5, 0.6) is 0 Å². The summed E-state index contributed by atoms with van der Waals surface area (Å²) in [5, 5.41) is 0.603. The quantitative estimate of drug-likeness (QED) is 0.218. The number of halogens is 5. The van der Waals surface area contributed by atoms with Gasteiger partial charge in [0.25, 0.3) is 0 Å². The Kier molecular flexibility index (Phi) is 6.66. The number of benzene rings is 4. The van der Waals surface area contributed by atoms with Crippen LogP contribution in [0.2, 0.25) is 0 Å². The second-order valence-corrected chi connectivity index (χ2v) is 7.68. The highest BCUT2D eigenvalue weighted by Crippen LogP contribution is 2.21. The van der Waals surface area contributed by atoms with E-state index in [1.807, 2.05) is 6.92 Å². The zero-order valence-corrected chi connectivity index (χ0v) is 18.1. The summed E-state index contributed by atoms with van der Waals surface area (Å²) < 4.78 is 70.1. The monoisotopic (exact) mass is 460 g/mol. The molecule has 0 saturated carbocycles. The molecule has 0 radical (unpaired) electrons. The molecule has 0 aromatic heterocycles. The minimum atomic E-state index is -0.935. The molecule has 0 saturated heterocycles. The molecule has 34 heavy (non-hydrogen) atoms. The van der Waals surface area contributed by atoms with Crippen molar-refractivity contribution >= 4 is 10.8 Å². The highest BCUT2D eigenvalue weighted by molar-refractivity contribution is 5.84. The Balaban J connectivity index is 1.58. The molecule has 0 aliphatic heterocycles. The van der Waals surface area contributed by atoms with Gasteiger partial charge in [-0.2, -0.15) is 0 Å². The molecule has 0 aliphatic rings. The maximum absolute atomic E-state index is 14.5. The maximum atomic E-state index is 14.5. The molecule has 5 heteroatoms. The van der Waals surface area contributed by atoms with Crippen LogP contribution in [0.25, 0.3) is 10.8 Å². The Hall–Kier alpha value is -4.09. The van der Waals surface area contributed by atoms with Crippen molar-refractivity contribution in [3.8, 4) is 23.7 Å². The van der Waals surface area contributed by atoms with Crippen LogP contribution in [-0.4, -0.2) is 0 Å². The number of rotatable bonds is 2. The van der Waals surface area contributed by atoms with E-state index < -0.39 is 29.1 Å². The maximum Gasteiger partial charge on any atom is 0.166 e. The Morgan fingerprint density at radius 3 is 2.00 bits per heavy atom. The van der Waals surface area contributed by atoms with Crippen molar-refractivity contribution in [1.82, 2.24) is 0 Å². The predicted molar refractivity (Wildman–Crippen MR) is 123 cm³/mol. The number of fused-ring (bicyclic) bond motifs is 1. The van der Waals surface area contributed by atoms with E-state index >= 15 is 0 Å². The van der Waals surface area contributed by atoms with Crippen LogP contribution in [0, 0.1) is 52.8 Å². The van der Waals surface area contributed by atoms with Gasteiger partial charge in [0.05, 0.1) is 11.1 Å².